The fourth-order valence-corrected chi connectivity index (χ4v) is 7.77. The Morgan fingerprint density at radius 2 is 1.36 bits per heavy atom. The highest BCUT2D eigenvalue weighted by Crippen LogP contribution is 2.44. The van der Waals surface area contributed by atoms with Gasteiger partial charge in [0.25, 0.3) is 0 Å². The predicted octanol–water partition coefficient (Wildman–Crippen LogP) is 6.37. The lowest BCUT2D eigenvalue weighted by Gasteiger charge is -2.33. The zero-order chi connectivity index (χ0) is 37.3. The summed E-state index contributed by atoms with van der Waals surface area (Å²) in [5.74, 6) is 0.806. The number of nitrogens with one attached hydrogen (secondary N) is 2. The number of carbonyl (C=O) groups is 2. The van der Waals surface area contributed by atoms with Crippen LogP contribution in [0.4, 0.5) is 15.8 Å². The molecule has 4 aliphatic rings. The molecule has 5 heterocycles. The van der Waals surface area contributed by atoms with Crippen LogP contribution in [-0.4, -0.2) is 66.0 Å². The normalized spacial score (nSPS) is 21.2. The van der Waals surface area contributed by atoms with E-state index in [9.17, 15) is 14.0 Å². The Labute approximate surface area is 307 Å². The molecule has 53 heavy (non-hydrogen) atoms. The van der Waals surface area contributed by atoms with Crippen molar-refractivity contribution in [2.75, 3.05) is 43.9 Å². The van der Waals surface area contributed by atoms with Gasteiger partial charge in [0.15, 0.2) is 12.4 Å². The molecule has 2 fully saturated rings. The van der Waals surface area contributed by atoms with Crippen molar-refractivity contribution in [2.45, 2.75) is 45.6 Å². The highest BCUT2D eigenvalue weighted by atomic mass is 19.1. The van der Waals surface area contributed by atoms with E-state index in [1.165, 1.54) is 12.1 Å². The number of amides is 2. The molecule has 270 valence electrons. The number of likely N-dealkylation sites (tertiary alicyclic amines) is 2. The van der Waals surface area contributed by atoms with Crippen LogP contribution >= 0.6 is 0 Å². The molecule has 0 aliphatic carbocycles. The summed E-state index contributed by atoms with van der Waals surface area (Å²) in [6.07, 6.45) is 8.69. The average molecular weight is 714 g/mol. The molecule has 2 unspecified atom stereocenters. The summed E-state index contributed by atoms with van der Waals surface area (Å²) in [6.45, 7) is 6.05. The van der Waals surface area contributed by atoms with Gasteiger partial charge in [-0.1, -0.05) is 24.3 Å². The van der Waals surface area contributed by atoms with Crippen molar-refractivity contribution in [1.82, 2.24) is 14.8 Å². The minimum atomic E-state index is -0.547. The first-order valence-electron chi connectivity index (χ1n) is 17.7. The number of carbonyl (C=O) groups excluding carboxylic acids is 2. The molecule has 4 aromatic rings. The number of nitrogens with zero attached hydrogens (tertiary/aromatic N) is 5. The monoisotopic (exact) mass is 713 g/mol. The fourth-order valence-electron chi connectivity index (χ4n) is 7.77. The summed E-state index contributed by atoms with van der Waals surface area (Å²) in [5, 5.41) is 24.3. The fraction of sp³-hybridized carbons (Fsp3) is 0.341. The zero-order valence-electron chi connectivity index (χ0n) is 29.9. The van der Waals surface area contributed by atoms with Gasteiger partial charge in [-0.3, -0.25) is 9.59 Å². The smallest absolute Gasteiger partial charge is 0.232 e. The lowest BCUT2D eigenvalue weighted by Crippen LogP contribution is -2.43. The third-order valence-corrected chi connectivity index (χ3v) is 10.6. The van der Waals surface area contributed by atoms with Crippen molar-refractivity contribution in [1.29, 1.82) is 10.5 Å². The van der Waals surface area contributed by atoms with E-state index in [0.29, 0.717) is 62.6 Å². The van der Waals surface area contributed by atoms with Crippen LogP contribution in [0.2, 0.25) is 0 Å². The maximum atomic E-state index is 13.9. The third kappa shape index (κ3) is 6.93. The van der Waals surface area contributed by atoms with Gasteiger partial charge >= 0.3 is 0 Å². The number of hydrogen-bond acceptors (Lipinski definition) is 9. The van der Waals surface area contributed by atoms with Crippen LogP contribution in [0.5, 0.6) is 11.6 Å². The van der Waals surface area contributed by atoms with Crippen molar-refractivity contribution in [2.24, 2.45) is 10.8 Å². The molecule has 12 heteroatoms. The molecule has 2 amide bonds. The number of nitriles is 2. The average Bonchev–Trinajstić information content (AvgIpc) is 3.78. The van der Waals surface area contributed by atoms with E-state index in [-0.39, 0.29) is 23.7 Å². The molecule has 2 N–H and O–H groups in total. The number of ether oxygens (including phenoxy) is 2. The van der Waals surface area contributed by atoms with E-state index >= 15 is 0 Å². The van der Waals surface area contributed by atoms with Crippen molar-refractivity contribution in [3.63, 3.8) is 0 Å². The van der Waals surface area contributed by atoms with E-state index in [1.807, 2.05) is 56.3 Å². The van der Waals surface area contributed by atoms with Gasteiger partial charge in [-0.25, -0.2) is 9.37 Å². The highest BCUT2D eigenvalue weighted by molar-refractivity contribution is 6.00. The van der Waals surface area contributed by atoms with E-state index in [1.54, 1.807) is 29.2 Å². The lowest BCUT2D eigenvalue weighted by atomic mass is 9.76. The van der Waals surface area contributed by atoms with Gasteiger partial charge in [0.1, 0.15) is 11.6 Å². The SMILES string of the molecule is CC(C)Oc1ccc(F)cc1-c1ccc2c(c1)NC(=O)C1(CCN(C#N)C1)C2.COc1ccc(-c2ccc3c(c2)NC(=O)C2(CCN(C#N)C2)C3)cn1. The van der Waals surface area contributed by atoms with E-state index in [2.05, 4.69) is 34.1 Å². The second kappa shape index (κ2) is 14.1. The summed E-state index contributed by atoms with van der Waals surface area (Å²) in [5.41, 5.74) is 6.11. The van der Waals surface area contributed by atoms with Gasteiger partial charge in [0, 0.05) is 60.9 Å². The summed E-state index contributed by atoms with van der Waals surface area (Å²) in [7, 11) is 1.59. The molecule has 3 aromatic carbocycles. The molecule has 11 nitrogen and oxygen atoms in total. The number of anilines is 2. The topological polar surface area (TPSA) is 144 Å². The quantitative estimate of drug-likeness (QED) is 0.226. The molecule has 0 bridgehead atoms. The Hall–Kier alpha value is -6.14. The molecule has 1 aromatic heterocycles. The van der Waals surface area contributed by atoms with Crippen LogP contribution in [0.15, 0.2) is 72.9 Å². The molecule has 2 spiro atoms. The molecule has 2 saturated heterocycles. The Balaban J connectivity index is 0.000000165. The molecular weight excluding hydrogens is 673 g/mol. The standard InChI is InChI=1S/C22H22FN3O2.C19H18N4O2/c1-14(2)28-20-6-5-17(23)10-18(20)15-3-4-16-11-22(7-8-26(12-22)13-24)21(27)25-19(16)9-15;1-25-17-5-4-15(10-21-17)13-2-3-14-9-19(6-7-23(11-19)12-20)18(24)22-16(14)8-13/h3-6,9-10,14H,7-8,11-12H2,1-2H3,(H,25,27);2-5,8,10H,6-7,9,11H2,1H3,(H,22,24). The number of benzene rings is 3. The molecule has 0 radical (unpaired) electrons. The predicted molar refractivity (Wildman–Crippen MR) is 197 cm³/mol. The van der Waals surface area contributed by atoms with Gasteiger partial charge in [-0.2, -0.15) is 10.5 Å². The van der Waals surface area contributed by atoms with Gasteiger partial charge < -0.3 is 29.9 Å². The van der Waals surface area contributed by atoms with Crippen LogP contribution in [-0.2, 0) is 22.4 Å². The number of rotatable bonds is 5. The van der Waals surface area contributed by atoms with Crippen LogP contribution in [0, 0.1) is 39.6 Å². The minimum absolute atomic E-state index is 0.0164. The molecule has 8 rings (SSSR count). The maximum Gasteiger partial charge on any atom is 0.232 e. The first-order chi connectivity index (χ1) is 25.5. The highest BCUT2D eigenvalue weighted by Gasteiger charge is 2.48. The van der Waals surface area contributed by atoms with Crippen molar-refractivity contribution < 1.29 is 23.5 Å². The number of halogens is 1. The molecule has 2 atom stereocenters. The van der Waals surface area contributed by atoms with Crippen LogP contribution in [0.25, 0.3) is 22.3 Å². The second-order valence-electron chi connectivity index (χ2n) is 14.5. The zero-order valence-corrected chi connectivity index (χ0v) is 29.9. The van der Waals surface area contributed by atoms with Gasteiger partial charge in [-0.15, -0.1) is 0 Å². The van der Waals surface area contributed by atoms with Crippen LogP contribution < -0.4 is 20.1 Å². The summed E-state index contributed by atoms with van der Waals surface area (Å²) >= 11 is 0. The largest absolute Gasteiger partial charge is 0.490 e. The van der Waals surface area contributed by atoms with Crippen molar-refractivity contribution in [3.8, 4) is 46.3 Å². The molecule has 0 saturated carbocycles. The number of pyridine rings is 1. The van der Waals surface area contributed by atoms with Crippen LogP contribution in [0.3, 0.4) is 0 Å². The number of fused-ring (bicyclic) bond motifs is 2. The van der Waals surface area contributed by atoms with E-state index < -0.39 is 10.8 Å². The number of hydrogen-bond donors (Lipinski definition) is 2. The molecule has 4 aliphatic heterocycles. The third-order valence-electron chi connectivity index (χ3n) is 10.6. The van der Waals surface area contributed by atoms with E-state index in [0.717, 1.165) is 45.6 Å². The van der Waals surface area contributed by atoms with Gasteiger partial charge in [0.2, 0.25) is 17.7 Å². The summed E-state index contributed by atoms with van der Waals surface area (Å²) in [4.78, 5) is 33.1. The lowest BCUT2D eigenvalue weighted by molar-refractivity contribution is -0.126. The van der Waals surface area contributed by atoms with E-state index in [4.69, 9.17) is 20.0 Å². The Kier molecular flexibility index (Phi) is 9.39. The van der Waals surface area contributed by atoms with Gasteiger partial charge in [0.05, 0.1) is 24.0 Å². The van der Waals surface area contributed by atoms with Crippen molar-refractivity contribution >= 4 is 23.2 Å². The number of methoxy groups -OCH3 is 1. The first-order valence-corrected chi connectivity index (χ1v) is 17.7. The second-order valence-corrected chi connectivity index (χ2v) is 14.5. The van der Waals surface area contributed by atoms with Crippen LogP contribution in [0.1, 0.15) is 37.8 Å². The Morgan fingerprint density at radius 1 is 0.792 bits per heavy atom. The summed E-state index contributed by atoms with van der Waals surface area (Å²) in [6, 6.07) is 20.1. The first kappa shape index (κ1) is 35.3. The Bertz CT molecular complexity index is 2160. The molecular formula is C41H40FN7O4. The number of aromatic nitrogens is 1. The Morgan fingerprint density at radius 3 is 1.87 bits per heavy atom. The minimum Gasteiger partial charge on any atom is -0.490 e. The van der Waals surface area contributed by atoms with Crippen molar-refractivity contribution in [3.05, 3.63) is 89.9 Å². The summed E-state index contributed by atoms with van der Waals surface area (Å²) < 4.78 is 24.8. The maximum absolute atomic E-state index is 13.9. The van der Waals surface area contributed by atoms with Gasteiger partial charge in [-0.05, 0) is 98.2 Å².